The standard InChI is InChI=1S/C22H25N3O4S/c1-4-7-12-25-21(27)16-11-9-8-10-15(16)18(24-25)19(26)23-20-17(22(28)29-6-3)13-14(5-2)30-20/h8-11,13H,4-7,12H2,1-3H3,(H,23,26). The molecule has 0 aliphatic carbocycles. The van der Waals surface area contributed by atoms with Crippen LogP contribution >= 0.6 is 11.3 Å². The number of benzene rings is 1. The first-order chi connectivity index (χ1) is 14.5. The fourth-order valence-electron chi connectivity index (χ4n) is 3.09. The zero-order chi connectivity index (χ0) is 21.7. The molecule has 0 aliphatic rings. The maximum atomic E-state index is 13.2. The van der Waals surface area contributed by atoms with Gasteiger partial charge in [-0.1, -0.05) is 38.5 Å². The van der Waals surface area contributed by atoms with Gasteiger partial charge in [0.15, 0.2) is 5.69 Å². The molecule has 158 valence electrons. The number of carbonyl (C=O) groups is 2. The average Bonchev–Trinajstić information content (AvgIpc) is 3.16. The molecule has 0 unspecified atom stereocenters. The van der Waals surface area contributed by atoms with Crippen molar-refractivity contribution in [2.24, 2.45) is 0 Å². The number of anilines is 1. The molecule has 3 rings (SSSR count). The van der Waals surface area contributed by atoms with Crippen molar-refractivity contribution in [3.8, 4) is 0 Å². The van der Waals surface area contributed by atoms with E-state index in [9.17, 15) is 14.4 Å². The van der Waals surface area contributed by atoms with Gasteiger partial charge in [0.2, 0.25) is 0 Å². The van der Waals surface area contributed by atoms with Crippen molar-refractivity contribution in [1.82, 2.24) is 9.78 Å². The fourth-order valence-corrected chi connectivity index (χ4v) is 4.07. The molecule has 0 spiro atoms. The molecular formula is C22H25N3O4S. The third kappa shape index (κ3) is 4.43. The summed E-state index contributed by atoms with van der Waals surface area (Å²) in [5.41, 5.74) is 0.269. The van der Waals surface area contributed by atoms with E-state index in [1.807, 2.05) is 13.8 Å². The minimum absolute atomic E-state index is 0.155. The Bertz CT molecular complexity index is 1130. The number of nitrogens with zero attached hydrogens (tertiary/aromatic N) is 2. The molecule has 0 saturated heterocycles. The summed E-state index contributed by atoms with van der Waals surface area (Å²) in [6.07, 6.45) is 2.42. The highest BCUT2D eigenvalue weighted by atomic mass is 32.1. The van der Waals surface area contributed by atoms with E-state index in [-0.39, 0.29) is 17.9 Å². The molecule has 7 nitrogen and oxygen atoms in total. The lowest BCUT2D eigenvalue weighted by molar-refractivity contribution is 0.0528. The first kappa shape index (κ1) is 21.7. The lowest BCUT2D eigenvalue weighted by Gasteiger charge is -2.11. The molecule has 8 heteroatoms. The van der Waals surface area contributed by atoms with Crippen molar-refractivity contribution >= 4 is 39.0 Å². The van der Waals surface area contributed by atoms with Crippen molar-refractivity contribution in [3.05, 3.63) is 56.8 Å². The number of carbonyl (C=O) groups excluding carboxylic acids is 2. The topological polar surface area (TPSA) is 90.3 Å². The highest BCUT2D eigenvalue weighted by molar-refractivity contribution is 7.16. The van der Waals surface area contributed by atoms with Crippen LogP contribution in [0, 0.1) is 0 Å². The number of aryl methyl sites for hydroxylation is 2. The summed E-state index contributed by atoms with van der Waals surface area (Å²) in [7, 11) is 0. The van der Waals surface area contributed by atoms with Gasteiger partial charge < -0.3 is 10.1 Å². The number of amides is 1. The van der Waals surface area contributed by atoms with Crippen LogP contribution in [0.5, 0.6) is 0 Å². The number of hydrogen-bond donors (Lipinski definition) is 1. The van der Waals surface area contributed by atoms with Crippen molar-refractivity contribution in [1.29, 1.82) is 0 Å². The Labute approximate surface area is 178 Å². The van der Waals surface area contributed by atoms with Gasteiger partial charge in [-0.15, -0.1) is 11.3 Å². The summed E-state index contributed by atoms with van der Waals surface area (Å²) in [5.74, 6) is -0.944. The summed E-state index contributed by atoms with van der Waals surface area (Å²) in [6, 6.07) is 8.68. The average molecular weight is 428 g/mol. The number of esters is 1. The van der Waals surface area contributed by atoms with E-state index in [0.29, 0.717) is 27.9 Å². The van der Waals surface area contributed by atoms with Gasteiger partial charge in [0.25, 0.3) is 11.5 Å². The smallest absolute Gasteiger partial charge is 0.341 e. The second-order valence-electron chi connectivity index (χ2n) is 6.76. The minimum atomic E-state index is -0.477. The zero-order valence-corrected chi connectivity index (χ0v) is 18.2. The van der Waals surface area contributed by atoms with Gasteiger partial charge in [-0.3, -0.25) is 9.59 Å². The molecule has 3 aromatic rings. The molecule has 0 radical (unpaired) electrons. The second kappa shape index (κ2) is 9.67. The quantitative estimate of drug-likeness (QED) is 0.543. The lowest BCUT2D eigenvalue weighted by atomic mass is 10.1. The van der Waals surface area contributed by atoms with Gasteiger partial charge >= 0.3 is 5.97 Å². The monoisotopic (exact) mass is 427 g/mol. The van der Waals surface area contributed by atoms with Crippen LogP contribution in [0.4, 0.5) is 5.00 Å². The van der Waals surface area contributed by atoms with Crippen LogP contribution in [-0.4, -0.2) is 28.3 Å². The number of aromatic nitrogens is 2. The molecular weight excluding hydrogens is 402 g/mol. The molecule has 0 aliphatic heterocycles. The summed E-state index contributed by atoms with van der Waals surface area (Å²) in [6.45, 7) is 6.42. The van der Waals surface area contributed by atoms with E-state index >= 15 is 0 Å². The van der Waals surface area contributed by atoms with Gasteiger partial charge in [0, 0.05) is 16.8 Å². The van der Waals surface area contributed by atoms with Crippen LogP contribution in [-0.2, 0) is 17.7 Å². The Morgan fingerprint density at radius 3 is 2.57 bits per heavy atom. The minimum Gasteiger partial charge on any atom is -0.462 e. The van der Waals surface area contributed by atoms with E-state index in [4.69, 9.17) is 4.74 Å². The number of fused-ring (bicyclic) bond motifs is 1. The van der Waals surface area contributed by atoms with E-state index < -0.39 is 11.9 Å². The van der Waals surface area contributed by atoms with Crippen molar-refractivity contribution in [2.75, 3.05) is 11.9 Å². The zero-order valence-electron chi connectivity index (χ0n) is 17.4. The number of nitrogens with one attached hydrogen (secondary N) is 1. The van der Waals surface area contributed by atoms with Crippen LogP contribution in [0.3, 0.4) is 0 Å². The van der Waals surface area contributed by atoms with Gasteiger partial charge in [-0.2, -0.15) is 5.10 Å². The lowest BCUT2D eigenvalue weighted by Crippen LogP contribution is -2.27. The SMILES string of the molecule is CCCCn1nc(C(=O)Nc2sc(CC)cc2C(=O)OCC)c2ccccc2c1=O. The fraction of sp³-hybridized carbons (Fsp3) is 0.364. The van der Waals surface area contributed by atoms with Crippen LogP contribution in [0.15, 0.2) is 35.1 Å². The van der Waals surface area contributed by atoms with Crippen molar-refractivity contribution in [3.63, 3.8) is 0 Å². The summed E-state index contributed by atoms with van der Waals surface area (Å²) in [4.78, 5) is 39.2. The Kier molecular flexibility index (Phi) is 6.99. The highest BCUT2D eigenvalue weighted by Crippen LogP contribution is 2.30. The number of unbranched alkanes of at least 4 members (excludes halogenated alkanes) is 1. The number of rotatable bonds is 8. The van der Waals surface area contributed by atoms with Gasteiger partial charge in [0.05, 0.1) is 17.6 Å². The second-order valence-corrected chi connectivity index (χ2v) is 7.90. The molecule has 2 heterocycles. The van der Waals surface area contributed by atoms with E-state index in [1.54, 1.807) is 37.3 Å². The third-order valence-electron chi connectivity index (χ3n) is 4.66. The molecule has 1 N–H and O–H groups in total. The first-order valence-electron chi connectivity index (χ1n) is 10.1. The Morgan fingerprint density at radius 2 is 1.90 bits per heavy atom. The van der Waals surface area contributed by atoms with Crippen molar-refractivity contribution < 1.29 is 14.3 Å². The predicted molar refractivity (Wildman–Crippen MR) is 119 cm³/mol. The molecule has 30 heavy (non-hydrogen) atoms. The molecule has 0 saturated carbocycles. The van der Waals surface area contributed by atoms with Gasteiger partial charge in [-0.05, 0) is 31.9 Å². The summed E-state index contributed by atoms with van der Waals surface area (Å²) in [5, 5.41) is 8.52. The molecule has 2 aromatic heterocycles. The van der Waals surface area contributed by atoms with E-state index in [0.717, 1.165) is 24.1 Å². The van der Waals surface area contributed by atoms with Crippen LogP contribution < -0.4 is 10.9 Å². The van der Waals surface area contributed by atoms with Crippen molar-refractivity contribution in [2.45, 2.75) is 46.6 Å². The third-order valence-corrected chi connectivity index (χ3v) is 5.86. The largest absolute Gasteiger partial charge is 0.462 e. The molecule has 0 atom stereocenters. The number of thiophene rings is 1. The Morgan fingerprint density at radius 1 is 1.17 bits per heavy atom. The van der Waals surface area contributed by atoms with E-state index in [1.165, 1.54) is 16.0 Å². The summed E-state index contributed by atoms with van der Waals surface area (Å²) < 4.78 is 6.46. The van der Waals surface area contributed by atoms with Crippen LogP contribution in [0.1, 0.15) is 59.3 Å². The Balaban J connectivity index is 2.04. The Hall–Kier alpha value is -3.00. The van der Waals surface area contributed by atoms with Crippen LogP contribution in [0.2, 0.25) is 0 Å². The highest BCUT2D eigenvalue weighted by Gasteiger charge is 2.22. The number of ether oxygens (including phenoxy) is 1. The summed E-state index contributed by atoms with van der Waals surface area (Å²) >= 11 is 1.33. The number of hydrogen-bond acceptors (Lipinski definition) is 6. The maximum Gasteiger partial charge on any atom is 0.341 e. The molecule has 0 bridgehead atoms. The molecule has 0 fully saturated rings. The van der Waals surface area contributed by atoms with E-state index in [2.05, 4.69) is 10.4 Å². The maximum absolute atomic E-state index is 13.2. The molecule has 1 amide bonds. The van der Waals surface area contributed by atoms with Crippen LogP contribution in [0.25, 0.3) is 10.8 Å². The normalized spacial score (nSPS) is 10.9. The predicted octanol–water partition coefficient (Wildman–Crippen LogP) is 4.25. The first-order valence-corrected chi connectivity index (χ1v) is 10.9. The van der Waals surface area contributed by atoms with Gasteiger partial charge in [-0.25, -0.2) is 9.48 Å². The van der Waals surface area contributed by atoms with Gasteiger partial charge in [0.1, 0.15) is 5.00 Å². The molecule has 1 aromatic carbocycles.